The van der Waals surface area contributed by atoms with E-state index in [4.69, 9.17) is 4.74 Å². The molecule has 0 bridgehead atoms. The van der Waals surface area contributed by atoms with Crippen molar-refractivity contribution in [2.24, 2.45) is 0 Å². The molecule has 0 atom stereocenters. The number of ether oxygens (including phenoxy) is 1. The van der Waals surface area contributed by atoms with Crippen molar-refractivity contribution >= 4 is 17.9 Å². The van der Waals surface area contributed by atoms with Gasteiger partial charge in [-0.3, -0.25) is 0 Å². The molecule has 1 aliphatic carbocycles. The maximum atomic E-state index is 11.6. The van der Waals surface area contributed by atoms with E-state index in [0.29, 0.717) is 11.8 Å². The number of carbonyl (C=O) groups excluding carboxylic acids is 1. The molecule has 0 aliphatic heterocycles. The van der Waals surface area contributed by atoms with Gasteiger partial charge in [-0.05, 0) is 45.2 Å². The molecule has 0 unspecified atom stereocenters. The molecule has 0 radical (unpaired) electrons. The Morgan fingerprint density at radius 1 is 1.32 bits per heavy atom. The molecule has 1 saturated carbocycles. The van der Waals surface area contributed by atoms with Gasteiger partial charge in [-0.25, -0.2) is 9.78 Å². The van der Waals surface area contributed by atoms with Crippen LogP contribution >= 0.6 is 11.8 Å². The first-order chi connectivity index (χ1) is 10.4. The minimum absolute atomic E-state index is 0.395. The molecule has 5 heteroatoms. The van der Waals surface area contributed by atoms with Crippen LogP contribution in [-0.4, -0.2) is 21.9 Å². The van der Waals surface area contributed by atoms with Gasteiger partial charge in [0, 0.05) is 18.0 Å². The first-order valence-corrected chi connectivity index (χ1v) is 8.89. The van der Waals surface area contributed by atoms with Gasteiger partial charge >= 0.3 is 6.09 Å². The standard InChI is InChI=1S/C17H26N2O2S/c1-17(2,3)21-16(20)19-12-13-9-10-15(18-11-13)22-14-7-5-4-6-8-14/h9-11,14H,4-8,12H2,1-3H3,(H,19,20). The highest BCUT2D eigenvalue weighted by Gasteiger charge is 2.16. The van der Waals surface area contributed by atoms with Crippen molar-refractivity contribution in [3.05, 3.63) is 23.9 Å². The summed E-state index contributed by atoms with van der Waals surface area (Å²) < 4.78 is 5.21. The Morgan fingerprint density at radius 2 is 2.05 bits per heavy atom. The molecule has 1 amide bonds. The summed E-state index contributed by atoms with van der Waals surface area (Å²) in [6.45, 7) is 6.00. The molecule has 0 spiro atoms. The molecule has 1 aliphatic rings. The smallest absolute Gasteiger partial charge is 0.407 e. The molecular weight excluding hydrogens is 296 g/mol. The maximum Gasteiger partial charge on any atom is 0.407 e. The molecule has 1 heterocycles. The topological polar surface area (TPSA) is 51.2 Å². The predicted octanol–water partition coefficient (Wildman–Crippen LogP) is 4.53. The van der Waals surface area contributed by atoms with Gasteiger partial charge in [-0.1, -0.05) is 25.3 Å². The third-order valence-electron chi connectivity index (χ3n) is 3.47. The number of hydrogen-bond acceptors (Lipinski definition) is 4. The van der Waals surface area contributed by atoms with E-state index in [1.54, 1.807) is 0 Å². The number of hydrogen-bond donors (Lipinski definition) is 1. The Labute approximate surface area is 137 Å². The summed E-state index contributed by atoms with van der Waals surface area (Å²) in [5.74, 6) is 0. The third-order valence-corrected chi connectivity index (χ3v) is 4.76. The van der Waals surface area contributed by atoms with E-state index < -0.39 is 11.7 Å². The van der Waals surface area contributed by atoms with Crippen molar-refractivity contribution < 1.29 is 9.53 Å². The minimum atomic E-state index is -0.469. The Morgan fingerprint density at radius 3 is 2.64 bits per heavy atom. The van der Waals surface area contributed by atoms with E-state index in [1.807, 2.05) is 50.9 Å². The molecule has 1 aromatic heterocycles. The molecule has 1 N–H and O–H groups in total. The fraction of sp³-hybridized carbons (Fsp3) is 0.647. The van der Waals surface area contributed by atoms with Gasteiger partial charge in [0.2, 0.25) is 0 Å². The fourth-order valence-electron chi connectivity index (χ4n) is 2.43. The highest BCUT2D eigenvalue weighted by molar-refractivity contribution is 7.99. The lowest BCUT2D eigenvalue weighted by molar-refractivity contribution is 0.0523. The lowest BCUT2D eigenvalue weighted by Gasteiger charge is -2.20. The summed E-state index contributed by atoms with van der Waals surface area (Å²) in [6, 6.07) is 4.07. The number of thioether (sulfide) groups is 1. The monoisotopic (exact) mass is 322 g/mol. The van der Waals surface area contributed by atoms with Crippen LogP contribution in [0.3, 0.4) is 0 Å². The summed E-state index contributed by atoms with van der Waals surface area (Å²) >= 11 is 1.88. The number of carbonyl (C=O) groups is 1. The number of amides is 1. The lowest BCUT2D eigenvalue weighted by Crippen LogP contribution is -2.32. The first kappa shape index (κ1) is 17.1. The summed E-state index contributed by atoms with van der Waals surface area (Å²) in [5.41, 5.74) is 0.516. The van der Waals surface area contributed by atoms with Gasteiger partial charge in [0.1, 0.15) is 5.60 Å². The summed E-state index contributed by atoms with van der Waals surface area (Å²) in [5, 5.41) is 4.54. The minimum Gasteiger partial charge on any atom is -0.444 e. The number of pyridine rings is 1. The van der Waals surface area contributed by atoms with Gasteiger partial charge in [0.15, 0.2) is 0 Å². The molecule has 22 heavy (non-hydrogen) atoms. The second-order valence-electron chi connectivity index (χ2n) is 6.74. The van der Waals surface area contributed by atoms with Crippen molar-refractivity contribution in [3.63, 3.8) is 0 Å². The van der Waals surface area contributed by atoms with Gasteiger partial charge in [-0.15, -0.1) is 11.8 Å². The highest BCUT2D eigenvalue weighted by atomic mass is 32.2. The van der Waals surface area contributed by atoms with E-state index >= 15 is 0 Å². The Kier molecular flexibility index (Phi) is 6.12. The van der Waals surface area contributed by atoms with E-state index in [2.05, 4.69) is 10.3 Å². The normalized spacial score (nSPS) is 16.3. The number of nitrogens with one attached hydrogen (secondary N) is 1. The molecule has 4 nitrogen and oxygen atoms in total. The van der Waals surface area contributed by atoms with Crippen LogP contribution in [0.15, 0.2) is 23.4 Å². The molecule has 0 saturated heterocycles. The summed E-state index contributed by atoms with van der Waals surface area (Å²) in [4.78, 5) is 16.1. The maximum absolute atomic E-state index is 11.6. The molecule has 2 rings (SSSR count). The third kappa shape index (κ3) is 6.26. The molecule has 0 aromatic carbocycles. The first-order valence-electron chi connectivity index (χ1n) is 8.01. The number of nitrogens with zero attached hydrogens (tertiary/aromatic N) is 1. The van der Waals surface area contributed by atoms with Crippen molar-refractivity contribution in [1.29, 1.82) is 0 Å². The largest absolute Gasteiger partial charge is 0.444 e. The van der Waals surface area contributed by atoms with Crippen LogP contribution in [0.4, 0.5) is 4.79 Å². The Balaban J connectivity index is 1.77. The SMILES string of the molecule is CC(C)(C)OC(=O)NCc1ccc(SC2CCCCC2)nc1. The van der Waals surface area contributed by atoms with Crippen LogP contribution in [0.2, 0.25) is 0 Å². The van der Waals surface area contributed by atoms with Crippen LogP contribution < -0.4 is 5.32 Å². The molecule has 1 fully saturated rings. The van der Waals surface area contributed by atoms with Crippen LogP contribution in [0.5, 0.6) is 0 Å². The van der Waals surface area contributed by atoms with Crippen LogP contribution in [0.1, 0.15) is 58.4 Å². The van der Waals surface area contributed by atoms with Gasteiger partial charge in [0.25, 0.3) is 0 Å². The van der Waals surface area contributed by atoms with E-state index in [-0.39, 0.29) is 0 Å². The molecule has 122 valence electrons. The van der Waals surface area contributed by atoms with Gasteiger partial charge < -0.3 is 10.1 Å². The van der Waals surface area contributed by atoms with E-state index in [9.17, 15) is 4.79 Å². The summed E-state index contributed by atoms with van der Waals surface area (Å²) in [6.07, 6.45) is 8.10. The fourth-order valence-corrected chi connectivity index (χ4v) is 3.60. The second-order valence-corrected chi connectivity index (χ2v) is 8.06. The number of rotatable bonds is 4. The van der Waals surface area contributed by atoms with E-state index in [0.717, 1.165) is 10.6 Å². The number of aromatic nitrogens is 1. The van der Waals surface area contributed by atoms with Crippen molar-refractivity contribution in [1.82, 2.24) is 10.3 Å². The van der Waals surface area contributed by atoms with Crippen LogP contribution in [-0.2, 0) is 11.3 Å². The lowest BCUT2D eigenvalue weighted by atomic mass is 10.0. The molecule has 1 aromatic rings. The van der Waals surface area contributed by atoms with Crippen molar-refractivity contribution in [2.45, 2.75) is 75.3 Å². The zero-order valence-electron chi connectivity index (χ0n) is 13.7. The Hall–Kier alpha value is -1.23. The number of alkyl carbamates (subject to hydrolysis) is 1. The van der Waals surface area contributed by atoms with Gasteiger partial charge in [0.05, 0.1) is 5.03 Å². The highest BCUT2D eigenvalue weighted by Crippen LogP contribution is 2.32. The van der Waals surface area contributed by atoms with Crippen molar-refractivity contribution in [3.8, 4) is 0 Å². The zero-order chi connectivity index (χ0) is 16.0. The predicted molar refractivity (Wildman–Crippen MR) is 90.0 cm³/mol. The average Bonchev–Trinajstić information content (AvgIpc) is 2.46. The van der Waals surface area contributed by atoms with Crippen LogP contribution in [0.25, 0.3) is 0 Å². The van der Waals surface area contributed by atoms with Gasteiger partial charge in [-0.2, -0.15) is 0 Å². The van der Waals surface area contributed by atoms with Crippen molar-refractivity contribution in [2.75, 3.05) is 0 Å². The second kappa shape index (κ2) is 7.86. The molecular formula is C17H26N2O2S. The Bertz CT molecular complexity index is 476. The average molecular weight is 322 g/mol. The van der Waals surface area contributed by atoms with Crippen LogP contribution in [0, 0.1) is 0 Å². The quantitative estimate of drug-likeness (QED) is 0.884. The summed E-state index contributed by atoms with van der Waals surface area (Å²) in [7, 11) is 0. The zero-order valence-corrected chi connectivity index (χ0v) is 14.5. The van der Waals surface area contributed by atoms with E-state index in [1.165, 1.54) is 32.1 Å².